The van der Waals surface area contributed by atoms with Crippen LogP contribution in [0, 0.1) is 6.92 Å². The maximum atomic E-state index is 11.9. The Morgan fingerprint density at radius 3 is 2.44 bits per heavy atom. The zero-order chi connectivity index (χ0) is 12.1. The van der Waals surface area contributed by atoms with Crippen molar-refractivity contribution in [3.8, 4) is 0 Å². The monoisotopic (exact) mass is 217 g/mol. The second kappa shape index (κ2) is 3.17. The number of amides is 1. The van der Waals surface area contributed by atoms with E-state index in [0.717, 1.165) is 16.8 Å². The highest BCUT2D eigenvalue weighted by atomic mass is 16.2. The number of carbonyl (C=O) groups excluding carboxylic acids is 2. The van der Waals surface area contributed by atoms with Crippen LogP contribution in [0.4, 0.5) is 5.69 Å². The second-order valence-electron chi connectivity index (χ2n) is 4.84. The summed E-state index contributed by atoms with van der Waals surface area (Å²) in [7, 11) is 1.64. The number of fused-ring (bicyclic) bond motifs is 1. The summed E-state index contributed by atoms with van der Waals surface area (Å²) in [5, 5.41) is 0. The normalized spacial score (nSPS) is 18.6. The molecule has 1 aromatic rings. The molecule has 3 heteroatoms. The first kappa shape index (κ1) is 10.9. The molecule has 0 aliphatic carbocycles. The maximum Gasteiger partial charge on any atom is 0.295 e. The number of hydrogen-bond donors (Lipinski definition) is 0. The van der Waals surface area contributed by atoms with Gasteiger partial charge in [-0.3, -0.25) is 9.59 Å². The predicted octanol–water partition coefficient (Wildman–Crippen LogP) is 1.82. The molecule has 1 aliphatic heterocycles. The summed E-state index contributed by atoms with van der Waals surface area (Å²) >= 11 is 0. The molecule has 0 aromatic heterocycles. The fraction of sp³-hybridized carbons (Fsp3) is 0.385. The number of aryl methyl sites for hydroxylation is 1. The Morgan fingerprint density at radius 2 is 1.81 bits per heavy atom. The van der Waals surface area contributed by atoms with E-state index in [4.69, 9.17) is 0 Å². The van der Waals surface area contributed by atoms with E-state index in [1.54, 1.807) is 20.9 Å². The summed E-state index contributed by atoms with van der Waals surface area (Å²) in [6.45, 7) is 5.59. The van der Waals surface area contributed by atoms with Crippen molar-refractivity contribution in [2.45, 2.75) is 26.2 Å². The van der Waals surface area contributed by atoms with Crippen LogP contribution in [-0.4, -0.2) is 18.7 Å². The molecular formula is C13H15NO2. The summed E-state index contributed by atoms with van der Waals surface area (Å²) < 4.78 is 0. The number of carbonyl (C=O) groups is 2. The van der Waals surface area contributed by atoms with E-state index in [1.165, 1.54) is 4.90 Å². The van der Waals surface area contributed by atoms with Crippen molar-refractivity contribution in [2.24, 2.45) is 0 Å². The second-order valence-corrected chi connectivity index (χ2v) is 4.84. The molecule has 2 rings (SSSR count). The first-order valence-electron chi connectivity index (χ1n) is 5.29. The fourth-order valence-electron chi connectivity index (χ4n) is 2.09. The first-order valence-corrected chi connectivity index (χ1v) is 5.29. The molecule has 0 bridgehead atoms. The number of likely N-dealkylation sites (N-methyl/N-ethyl adjacent to an activating group) is 1. The van der Waals surface area contributed by atoms with Gasteiger partial charge in [-0.15, -0.1) is 0 Å². The van der Waals surface area contributed by atoms with E-state index < -0.39 is 11.3 Å². The molecule has 0 saturated carbocycles. The van der Waals surface area contributed by atoms with Gasteiger partial charge >= 0.3 is 0 Å². The van der Waals surface area contributed by atoms with Crippen molar-refractivity contribution in [1.29, 1.82) is 0 Å². The third-order valence-corrected chi connectivity index (χ3v) is 3.25. The van der Waals surface area contributed by atoms with Crippen molar-refractivity contribution >= 4 is 17.4 Å². The molecule has 0 fully saturated rings. The lowest BCUT2D eigenvalue weighted by atomic mass is 9.76. The minimum atomic E-state index is -0.717. The Morgan fingerprint density at radius 1 is 1.19 bits per heavy atom. The van der Waals surface area contributed by atoms with E-state index in [9.17, 15) is 9.59 Å². The Hall–Kier alpha value is -1.64. The van der Waals surface area contributed by atoms with Crippen molar-refractivity contribution < 1.29 is 9.59 Å². The Labute approximate surface area is 95.1 Å². The summed E-state index contributed by atoms with van der Waals surface area (Å²) in [6, 6.07) is 5.83. The zero-order valence-electron chi connectivity index (χ0n) is 10.00. The summed E-state index contributed by atoms with van der Waals surface area (Å²) in [4.78, 5) is 25.1. The molecule has 16 heavy (non-hydrogen) atoms. The van der Waals surface area contributed by atoms with Crippen molar-refractivity contribution in [2.75, 3.05) is 11.9 Å². The number of anilines is 1. The lowest BCUT2D eigenvalue weighted by molar-refractivity contribution is -0.139. The lowest BCUT2D eigenvalue weighted by Crippen LogP contribution is -2.48. The first-order chi connectivity index (χ1) is 7.35. The molecule has 0 N–H and O–H groups in total. The molecule has 1 heterocycles. The largest absolute Gasteiger partial charge is 0.309 e. The van der Waals surface area contributed by atoms with Crippen molar-refractivity contribution in [3.05, 3.63) is 29.3 Å². The van der Waals surface area contributed by atoms with Crippen LogP contribution >= 0.6 is 0 Å². The average Bonchev–Trinajstić information content (AvgIpc) is 2.24. The number of ketones is 1. The predicted molar refractivity (Wildman–Crippen MR) is 62.6 cm³/mol. The average molecular weight is 217 g/mol. The SMILES string of the molecule is Cc1ccc2c(c1)C(C)(C)C(=O)C(=O)N2C. The third kappa shape index (κ3) is 1.28. The zero-order valence-corrected chi connectivity index (χ0v) is 10.00. The maximum absolute atomic E-state index is 11.9. The van der Waals surface area contributed by atoms with Crippen LogP contribution in [0.1, 0.15) is 25.0 Å². The minimum absolute atomic E-state index is 0.340. The molecule has 0 saturated heterocycles. The van der Waals surface area contributed by atoms with Gasteiger partial charge in [0.25, 0.3) is 5.91 Å². The van der Waals surface area contributed by atoms with E-state index >= 15 is 0 Å². The third-order valence-electron chi connectivity index (χ3n) is 3.25. The Kier molecular flexibility index (Phi) is 2.15. The molecule has 1 amide bonds. The van der Waals surface area contributed by atoms with Crippen molar-refractivity contribution in [1.82, 2.24) is 0 Å². The minimum Gasteiger partial charge on any atom is -0.309 e. The van der Waals surface area contributed by atoms with Gasteiger partial charge in [-0.2, -0.15) is 0 Å². The van der Waals surface area contributed by atoms with Gasteiger partial charge < -0.3 is 4.90 Å². The summed E-state index contributed by atoms with van der Waals surface area (Å²) in [6.07, 6.45) is 0. The number of Topliss-reactive ketones (excluding diaryl/α,β-unsaturated/α-hetero) is 1. The highest BCUT2D eigenvalue weighted by Crippen LogP contribution is 2.37. The van der Waals surface area contributed by atoms with Gasteiger partial charge in [-0.1, -0.05) is 17.7 Å². The van der Waals surface area contributed by atoms with Crippen LogP contribution in [0.5, 0.6) is 0 Å². The van der Waals surface area contributed by atoms with Crippen LogP contribution in [0.25, 0.3) is 0 Å². The van der Waals surface area contributed by atoms with Gasteiger partial charge in [-0.25, -0.2) is 0 Å². The van der Waals surface area contributed by atoms with Gasteiger partial charge in [0.05, 0.1) is 5.41 Å². The number of rotatable bonds is 0. The van der Waals surface area contributed by atoms with Crippen LogP contribution in [-0.2, 0) is 15.0 Å². The topological polar surface area (TPSA) is 37.4 Å². The number of benzene rings is 1. The Bertz CT molecular complexity index is 489. The molecule has 84 valence electrons. The van der Waals surface area contributed by atoms with Gasteiger partial charge in [0.2, 0.25) is 5.78 Å². The van der Waals surface area contributed by atoms with E-state index in [2.05, 4.69) is 0 Å². The van der Waals surface area contributed by atoms with Crippen LogP contribution in [0.2, 0.25) is 0 Å². The molecule has 1 aliphatic rings. The molecule has 0 radical (unpaired) electrons. The number of nitrogens with zero attached hydrogens (tertiary/aromatic N) is 1. The van der Waals surface area contributed by atoms with Gasteiger partial charge in [0.15, 0.2) is 0 Å². The highest BCUT2D eigenvalue weighted by Gasteiger charge is 2.43. The van der Waals surface area contributed by atoms with E-state index in [1.807, 2.05) is 25.1 Å². The molecule has 1 aromatic carbocycles. The van der Waals surface area contributed by atoms with Crippen LogP contribution < -0.4 is 4.90 Å². The highest BCUT2D eigenvalue weighted by molar-refractivity contribution is 6.45. The summed E-state index contributed by atoms with van der Waals surface area (Å²) in [5.74, 6) is -0.769. The van der Waals surface area contributed by atoms with Crippen LogP contribution in [0.15, 0.2) is 18.2 Å². The standard InChI is InChI=1S/C13H15NO2/c1-8-5-6-10-9(7-8)13(2,3)11(15)12(16)14(10)4/h5-7H,1-4H3. The van der Waals surface area contributed by atoms with Crippen molar-refractivity contribution in [3.63, 3.8) is 0 Å². The molecular weight excluding hydrogens is 202 g/mol. The van der Waals surface area contributed by atoms with Gasteiger partial charge in [0, 0.05) is 12.7 Å². The molecule has 0 spiro atoms. The van der Waals surface area contributed by atoms with Gasteiger partial charge in [-0.05, 0) is 32.4 Å². The quantitative estimate of drug-likeness (QED) is 0.622. The number of hydrogen-bond acceptors (Lipinski definition) is 2. The molecule has 0 atom stereocenters. The summed E-state index contributed by atoms with van der Waals surface area (Å²) in [5.41, 5.74) is 2.15. The Balaban J connectivity index is 2.74. The molecule has 3 nitrogen and oxygen atoms in total. The van der Waals surface area contributed by atoms with E-state index in [0.29, 0.717) is 0 Å². The lowest BCUT2D eigenvalue weighted by Gasteiger charge is -2.35. The fourth-order valence-corrected chi connectivity index (χ4v) is 2.09. The van der Waals surface area contributed by atoms with E-state index in [-0.39, 0.29) is 5.78 Å². The van der Waals surface area contributed by atoms with Crippen LogP contribution in [0.3, 0.4) is 0 Å². The smallest absolute Gasteiger partial charge is 0.295 e. The molecule has 0 unspecified atom stereocenters. The van der Waals surface area contributed by atoms with Gasteiger partial charge in [0.1, 0.15) is 0 Å².